The molecule has 6 nitrogen and oxygen atoms in total. The van der Waals surface area contributed by atoms with Crippen LogP contribution in [0.15, 0.2) is 12.1 Å². The number of aromatic nitrogens is 4. The largest absolute Gasteiger partial charge is 0.388 e. The van der Waals surface area contributed by atoms with Gasteiger partial charge in [-0.1, -0.05) is 26.6 Å². The lowest BCUT2D eigenvalue weighted by molar-refractivity contribution is 0.0639. The predicted molar refractivity (Wildman–Crippen MR) is 129 cm³/mol. The van der Waals surface area contributed by atoms with E-state index in [0.29, 0.717) is 18.1 Å². The number of nitrogens with zero attached hydrogens (tertiary/aromatic N) is 3. The smallest absolute Gasteiger partial charge is 0.159 e. The number of aromatic amines is 1. The maximum absolute atomic E-state index is 6.10. The van der Waals surface area contributed by atoms with Crippen LogP contribution in [0, 0.1) is 12.3 Å². The van der Waals surface area contributed by atoms with Crippen LogP contribution < -0.4 is 5.32 Å². The van der Waals surface area contributed by atoms with E-state index < -0.39 is 8.07 Å². The van der Waals surface area contributed by atoms with Gasteiger partial charge in [-0.3, -0.25) is 0 Å². The first-order chi connectivity index (χ1) is 14.7. The number of hydrogen-bond acceptors (Lipinski definition) is 4. The normalized spacial score (nSPS) is 22.5. The molecular formula is C24H35N5OSi. The van der Waals surface area contributed by atoms with Crippen LogP contribution in [-0.4, -0.2) is 41.5 Å². The summed E-state index contributed by atoms with van der Waals surface area (Å²) in [5.74, 6) is 1.48. The van der Waals surface area contributed by atoms with Gasteiger partial charge in [-0.25, -0.2) is 9.67 Å². The number of imidazole rings is 1. The average molecular weight is 438 g/mol. The van der Waals surface area contributed by atoms with Gasteiger partial charge in [0, 0.05) is 38.7 Å². The number of H-pyrrole nitrogens is 1. The summed E-state index contributed by atoms with van der Waals surface area (Å²) in [7, 11) is 0.860. The molecular weight excluding hydrogens is 402 g/mol. The second-order valence-electron chi connectivity index (χ2n) is 11.2. The van der Waals surface area contributed by atoms with E-state index in [-0.39, 0.29) is 0 Å². The standard InChI is InChI=1S/C24H35N5OSi/c1-15-9-18-19(10-17(15)25-3)27-23(26-18)22-21-16-11-24(2,12-16)13-20(21)29(28-22)14-30-7-8-31(4,5)6/h9-10,16,25H,7-8,11-14H2,1-6H3,(H,26,27). The Balaban J connectivity index is 1.50. The van der Waals surface area contributed by atoms with Crippen LogP contribution in [0.5, 0.6) is 0 Å². The van der Waals surface area contributed by atoms with Crippen molar-refractivity contribution in [2.45, 2.75) is 71.4 Å². The molecule has 3 aliphatic carbocycles. The van der Waals surface area contributed by atoms with Crippen molar-refractivity contribution in [3.63, 3.8) is 0 Å². The Morgan fingerprint density at radius 1 is 1.29 bits per heavy atom. The molecule has 0 spiro atoms. The van der Waals surface area contributed by atoms with Gasteiger partial charge in [0.2, 0.25) is 0 Å². The first kappa shape index (κ1) is 20.8. The molecule has 0 radical (unpaired) electrons. The highest BCUT2D eigenvalue weighted by Crippen LogP contribution is 2.59. The zero-order valence-electron chi connectivity index (χ0n) is 19.7. The van der Waals surface area contributed by atoms with E-state index in [4.69, 9.17) is 14.8 Å². The molecule has 6 rings (SSSR count). The number of anilines is 1. The Hall–Kier alpha value is -2.12. The number of aryl methyl sites for hydroxylation is 1. The zero-order chi connectivity index (χ0) is 22.0. The summed E-state index contributed by atoms with van der Waals surface area (Å²) in [5, 5.41) is 8.32. The van der Waals surface area contributed by atoms with E-state index in [2.05, 4.69) is 60.6 Å². The lowest BCUT2D eigenvalue weighted by Crippen LogP contribution is -2.40. The highest BCUT2D eigenvalue weighted by atomic mass is 28.3. The van der Waals surface area contributed by atoms with Gasteiger partial charge in [-0.05, 0) is 61.3 Å². The molecule has 0 amide bonds. The number of fused-ring (bicyclic) bond motifs is 1. The topological polar surface area (TPSA) is 67.8 Å². The molecule has 3 aromatic rings. The average Bonchev–Trinajstić information content (AvgIpc) is 3.24. The molecule has 2 aromatic heterocycles. The summed E-state index contributed by atoms with van der Waals surface area (Å²) >= 11 is 0. The molecule has 1 saturated carbocycles. The molecule has 1 fully saturated rings. The number of ether oxygens (including phenoxy) is 1. The highest BCUT2D eigenvalue weighted by molar-refractivity contribution is 6.76. The molecule has 31 heavy (non-hydrogen) atoms. The van der Waals surface area contributed by atoms with E-state index in [1.807, 2.05) is 7.05 Å². The van der Waals surface area contributed by atoms with E-state index >= 15 is 0 Å². The lowest BCUT2D eigenvalue weighted by Gasteiger charge is -2.50. The van der Waals surface area contributed by atoms with E-state index in [1.54, 1.807) is 0 Å². The monoisotopic (exact) mass is 437 g/mol. The van der Waals surface area contributed by atoms with Crippen LogP contribution >= 0.6 is 0 Å². The van der Waals surface area contributed by atoms with Gasteiger partial charge in [0.25, 0.3) is 0 Å². The molecule has 2 bridgehead atoms. The predicted octanol–water partition coefficient (Wildman–Crippen LogP) is 5.53. The zero-order valence-corrected chi connectivity index (χ0v) is 20.7. The van der Waals surface area contributed by atoms with Crippen molar-refractivity contribution in [1.82, 2.24) is 19.7 Å². The first-order valence-electron chi connectivity index (χ1n) is 11.5. The Morgan fingerprint density at radius 2 is 2.06 bits per heavy atom. The summed E-state index contributed by atoms with van der Waals surface area (Å²) in [6.45, 7) is 13.1. The fourth-order valence-corrected chi connectivity index (χ4v) is 6.12. The number of nitrogens with one attached hydrogen (secondary N) is 2. The molecule has 166 valence electrons. The number of hydrogen-bond donors (Lipinski definition) is 2. The second kappa shape index (κ2) is 7.20. The summed E-state index contributed by atoms with van der Waals surface area (Å²) in [4.78, 5) is 8.50. The SMILES string of the molecule is CNc1cc2nc(-c3nn(COCC[Si](C)(C)C)c4c3C3CC(C)(C4)C3)[nH]c2cc1C. The van der Waals surface area contributed by atoms with Crippen LogP contribution in [0.4, 0.5) is 5.69 Å². The van der Waals surface area contributed by atoms with E-state index in [1.165, 1.54) is 35.7 Å². The van der Waals surface area contributed by atoms with Crippen LogP contribution in [0.25, 0.3) is 22.6 Å². The van der Waals surface area contributed by atoms with Crippen molar-refractivity contribution in [2.24, 2.45) is 5.41 Å². The van der Waals surface area contributed by atoms with Gasteiger partial charge in [0.05, 0.1) is 11.0 Å². The van der Waals surface area contributed by atoms with Crippen LogP contribution in [0.2, 0.25) is 25.7 Å². The molecule has 1 aromatic carbocycles. The summed E-state index contributed by atoms with van der Waals surface area (Å²) in [5.41, 5.74) is 8.59. The van der Waals surface area contributed by atoms with Crippen molar-refractivity contribution in [3.8, 4) is 11.5 Å². The van der Waals surface area contributed by atoms with Crippen molar-refractivity contribution in [1.29, 1.82) is 0 Å². The quantitative estimate of drug-likeness (QED) is 0.377. The Kier molecular flexibility index (Phi) is 4.82. The van der Waals surface area contributed by atoms with Gasteiger partial charge in [-0.2, -0.15) is 5.10 Å². The highest BCUT2D eigenvalue weighted by Gasteiger charge is 2.49. The maximum atomic E-state index is 6.10. The van der Waals surface area contributed by atoms with Crippen LogP contribution in [0.1, 0.15) is 42.5 Å². The van der Waals surface area contributed by atoms with Gasteiger partial charge in [0.15, 0.2) is 5.82 Å². The molecule has 0 aliphatic heterocycles. The first-order valence-corrected chi connectivity index (χ1v) is 15.2. The van der Waals surface area contributed by atoms with Crippen molar-refractivity contribution in [2.75, 3.05) is 19.0 Å². The van der Waals surface area contributed by atoms with Gasteiger partial charge >= 0.3 is 0 Å². The number of rotatable bonds is 7. The Bertz CT molecular complexity index is 1130. The van der Waals surface area contributed by atoms with Crippen LogP contribution in [0.3, 0.4) is 0 Å². The van der Waals surface area contributed by atoms with Gasteiger partial charge in [-0.15, -0.1) is 0 Å². The molecule has 0 unspecified atom stereocenters. The summed E-state index contributed by atoms with van der Waals surface area (Å²) in [6, 6.07) is 5.47. The van der Waals surface area contributed by atoms with Gasteiger partial charge < -0.3 is 15.0 Å². The molecule has 0 saturated heterocycles. The summed E-state index contributed by atoms with van der Waals surface area (Å²) < 4.78 is 8.22. The number of benzene rings is 1. The van der Waals surface area contributed by atoms with Gasteiger partial charge in [0.1, 0.15) is 12.4 Å². The molecule has 2 heterocycles. The van der Waals surface area contributed by atoms with Crippen molar-refractivity contribution < 1.29 is 4.74 Å². The summed E-state index contributed by atoms with van der Waals surface area (Å²) in [6.07, 6.45) is 3.61. The molecule has 7 heteroatoms. The molecule has 3 aliphatic rings. The fourth-order valence-electron chi connectivity index (χ4n) is 5.37. The maximum Gasteiger partial charge on any atom is 0.159 e. The fraction of sp³-hybridized carbons (Fsp3) is 0.583. The third-order valence-electron chi connectivity index (χ3n) is 7.11. The minimum Gasteiger partial charge on any atom is -0.388 e. The van der Waals surface area contributed by atoms with Crippen LogP contribution in [-0.2, 0) is 17.9 Å². The Morgan fingerprint density at radius 3 is 2.77 bits per heavy atom. The Labute approximate surface area is 185 Å². The van der Waals surface area contributed by atoms with Crippen molar-refractivity contribution >= 4 is 24.8 Å². The van der Waals surface area contributed by atoms with Crippen molar-refractivity contribution in [3.05, 3.63) is 29.0 Å². The van der Waals surface area contributed by atoms with E-state index in [9.17, 15) is 0 Å². The molecule has 0 atom stereocenters. The van der Waals surface area contributed by atoms with E-state index in [0.717, 1.165) is 41.3 Å². The minimum absolute atomic E-state index is 0.428. The minimum atomic E-state index is -1.09. The third kappa shape index (κ3) is 3.72. The second-order valence-corrected chi connectivity index (χ2v) is 16.8. The lowest BCUT2D eigenvalue weighted by atomic mass is 9.54. The molecule has 2 N–H and O–H groups in total. The third-order valence-corrected chi connectivity index (χ3v) is 8.81.